The van der Waals surface area contributed by atoms with Crippen molar-refractivity contribution in [3.63, 3.8) is 0 Å². The van der Waals surface area contributed by atoms with Crippen LogP contribution in [0.4, 0.5) is 0 Å². The fraction of sp³-hybridized carbons (Fsp3) is 0.500. The number of rotatable bonds is 1. The molecule has 0 saturated carbocycles. The van der Waals surface area contributed by atoms with Crippen molar-refractivity contribution in [2.75, 3.05) is 13.1 Å². The number of nitrogens with zero attached hydrogens (tertiary/aromatic N) is 2. The SMILES string of the molecule is CC1=C/[C@@H](O)C[C@H](O)Cc2nc(co2)C(=O)N2CCC=C2C(=O)O[C@@H](C(C)C)[C@@H](C)/C=C\C(=O)NC/C=C\1. The summed E-state index contributed by atoms with van der Waals surface area (Å²) in [6.45, 7) is 8.08. The van der Waals surface area contributed by atoms with Gasteiger partial charge in [0.05, 0.1) is 18.6 Å². The van der Waals surface area contributed by atoms with Gasteiger partial charge in [-0.05, 0) is 25.3 Å². The van der Waals surface area contributed by atoms with Gasteiger partial charge in [-0.3, -0.25) is 9.59 Å². The summed E-state index contributed by atoms with van der Waals surface area (Å²) in [5, 5.41) is 23.5. The van der Waals surface area contributed by atoms with E-state index in [4.69, 9.17) is 9.15 Å². The van der Waals surface area contributed by atoms with Crippen LogP contribution in [0, 0.1) is 11.8 Å². The van der Waals surface area contributed by atoms with E-state index in [-0.39, 0.29) is 54.4 Å². The molecule has 1 aromatic heterocycles. The number of hydrogen-bond acceptors (Lipinski definition) is 8. The minimum atomic E-state index is -0.959. The van der Waals surface area contributed by atoms with Crippen LogP contribution in [0.5, 0.6) is 0 Å². The lowest BCUT2D eigenvalue weighted by atomic mass is 9.94. The van der Waals surface area contributed by atoms with Crippen molar-refractivity contribution in [2.45, 2.75) is 65.3 Å². The highest BCUT2D eigenvalue weighted by Gasteiger charge is 2.33. The van der Waals surface area contributed by atoms with Gasteiger partial charge in [0.1, 0.15) is 18.1 Å². The lowest BCUT2D eigenvalue weighted by molar-refractivity contribution is -0.149. The van der Waals surface area contributed by atoms with Crippen LogP contribution < -0.4 is 5.32 Å². The van der Waals surface area contributed by atoms with Crippen molar-refractivity contribution in [3.8, 4) is 0 Å². The lowest BCUT2D eigenvalue weighted by Gasteiger charge is -2.27. The molecule has 2 amide bonds. The monoisotopic (exact) mass is 527 g/mol. The van der Waals surface area contributed by atoms with Crippen LogP contribution >= 0.6 is 0 Å². The number of ether oxygens (including phenoxy) is 1. The number of fused-ring (bicyclic) bond motifs is 3. The summed E-state index contributed by atoms with van der Waals surface area (Å²) in [6, 6.07) is 0. The number of carbonyl (C=O) groups excluding carboxylic acids is 3. The maximum atomic E-state index is 13.1. The Morgan fingerprint density at radius 3 is 2.68 bits per heavy atom. The first-order chi connectivity index (χ1) is 18.0. The van der Waals surface area contributed by atoms with E-state index in [0.29, 0.717) is 13.0 Å². The smallest absolute Gasteiger partial charge is 0.355 e. The van der Waals surface area contributed by atoms with E-state index < -0.39 is 30.2 Å². The molecule has 38 heavy (non-hydrogen) atoms. The average molecular weight is 528 g/mol. The van der Waals surface area contributed by atoms with Gasteiger partial charge >= 0.3 is 5.97 Å². The molecule has 1 aromatic rings. The van der Waals surface area contributed by atoms with Crippen LogP contribution in [-0.4, -0.2) is 69.3 Å². The van der Waals surface area contributed by atoms with Gasteiger partial charge < -0.3 is 29.6 Å². The van der Waals surface area contributed by atoms with E-state index in [1.54, 1.807) is 37.3 Å². The number of aliphatic hydroxyl groups is 2. The fourth-order valence-corrected chi connectivity index (χ4v) is 4.44. The zero-order valence-corrected chi connectivity index (χ0v) is 22.3. The predicted molar refractivity (Wildman–Crippen MR) is 140 cm³/mol. The Balaban J connectivity index is 1.86. The number of allylic oxidation sites excluding steroid dienone is 2. The number of carbonyl (C=O) groups is 3. The largest absolute Gasteiger partial charge is 0.457 e. The van der Waals surface area contributed by atoms with Crippen molar-refractivity contribution >= 4 is 17.8 Å². The summed E-state index contributed by atoms with van der Waals surface area (Å²) in [7, 11) is 0. The topological polar surface area (TPSA) is 142 Å². The number of aliphatic hydroxyl groups excluding tert-OH is 2. The predicted octanol–water partition coefficient (Wildman–Crippen LogP) is 2.45. The highest BCUT2D eigenvalue weighted by molar-refractivity contribution is 6.00. The highest BCUT2D eigenvalue weighted by Crippen LogP contribution is 2.24. The van der Waals surface area contributed by atoms with Crippen molar-refractivity contribution in [2.24, 2.45) is 11.8 Å². The summed E-state index contributed by atoms with van der Waals surface area (Å²) in [4.78, 5) is 44.0. The van der Waals surface area contributed by atoms with Crippen molar-refractivity contribution in [1.82, 2.24) is 15.2 Å². The molecule has 10 nitrogen and oxygen atoms in total. The molecule has 3 heterocycles. The van der Waals surface area contributed by atoms with E-state index in [1.165, 1.54) is 17.2 Å². The Kier molecular flexibility index (Phi) is 10.2. The van der Waals surface area contributed by atoms with Gasteiger partial charge in [-0.25, -0.2) is 9.78 Å². The molecular weight excluding hydrogens is 490 g/mol. The Bertz CT molecular complexity index is 1130. The quantitative estimate of drug-likeness (QED) is 0.473. The molecule has 0 radical (unpaired) electrons. The van der Waals surface area contributed by atoms with E-state index in [1.807, 2.05) is 20.8 Å². The van der Waals surface area contributed by atoms with Crippen molar-refractivity contribution < 1.29 is 33.8 Å². The molecule has 0 aromatic carbocycles. The third kappa shape index (κ3) is 8.00. The third-order valence-electron chi connectivity index (χ3n) is 6.33. The Labute approximate surface area is 222 Å². The van der Waals surface area contributed by atoms with Gasteiger partial charge in [-0.2, -0.15) is 0 Å². The molecule has 0 aliphatic carbocycles. The standard InChI is InChI=1S/C28H37N3O7/c1-17(2)26-19(4)9-10-24(34)29-11-5-7-18(3)13-20(32)14-21(33)15-25-30-22(16-37-25)27(35)31-12-6-8-23(31)28(36)38-26/h5,7-10,13,16-17,19-21,26,32-33H,6,11-12,14-15H2,1-4H3,(H,29,34)/b7-5-,10-9-,18-13-/t19-,20+,21-,26-/m0/s1. The molecule has 4 atom stereocenters. The number of amides is 2. The molecule has 3 N–H and O–H groups in total. The van der Waals surface area contributed by atoms with E-state index in [9.17, 15) is 24.6 Å². The zero-order valence-electron chi connectivity index (χ0n) is 22.3. The number of aromatic nitrogens is 1. The van der Waals surface area contributed by atoms with E-state index in [0.717, 1.165) is 5.57 Å². The molecule has 0 spiro atoms. The Morgan fingerprint density at radius 2 is 1.95 bits per heavy atom. The van der Waals surface area contributed by atoms with E-state index in [2.05, 4.69) is 10.3 Å². The number of hydrogen-bond donors (Lipinski definition) is 3. The minimum absolute atomic E-state index is 0.00476. The molecule has 0 fully saturated rings. The van der Waals surface area contributed by atoms with Crippen LogP contribution in [0.25, 0.3) is 0 Å². The molecule has 0 unspecified atom stereocenters. The highest BCUT2D eigenvalue weighted by atomic mass is 16.5. The average Bonchev–Trinajstić information content (AvgIpc) is 3.52. The molecule has 10 heteroatoms. The van der Waals surface area contributed by atoms with Gasteiger partial charge in [-0.1, -0.05) is 56.7 Å². The normalized spacial score (nSPS) is 29.6. The van der Waals surface area contributed by atoms with Crippen LogP contribution in [0.1, 0.15) is 56.9 Å². The van der Waals surface area contributed by atoms with Crippen LogP contribution in [0.3, 0.4) is 0 Å². The molecule has 2 aliphatic rings. The zero-order chi connectivity index (χ0) is 27.8. The summed E-state index contributed by atoms with van der Waals surface area (Å²) in [5.74, 6) is -1.58. The first-order valence-corrected chi connectivity index (χ1v) is 12.9. The summed E-state index contributed by atoms with van der Waals surface area (Å²) in [5.41, 5.74) is 0.909. The second kappa shape index (κ2) is 13.3. The molecule has 206 valence electrons. The Hall–Kier alpha value is -3.50. The van der Waals surface area contributed by atoms with Crippen molar-refractivity contribution in [3.05, 3.63) is 65.6 Å². The van der Waals surface area contributed by atoms with E-state index >= 15 is 0 Å². The maximum Gasteiger partial charge on any atom is 0.355 e. The second-order valence-electron chi connectivity index (χ2n) is 10.0. The molecule has 2 bridgehead atoms. The number of esters is 1. The summed E-state index contributed by atoms with van der Waals surface area (Å²) in [6.07, 6.45) is 9.22. The Morgan fingerprint density at radius 1 is 1.18 bits per heavy atom. The van der Waals surface area contributed by atoms with Crippen LogP contribution in [0.2, 0.25) is 0 Å². The summed E-state index contributed by atoms with van der Waals surface area (Å²) < 4.78 is 11.2. The van der Waals surface area contributed by atoms with Gasteiger partial charge in [-0.15, -0.1) is 0 Å². The third-order valence-corrected chi connectivity index (χ3v) is 6.33. The van der Waals surface area contributed by atoms with Crippen LogP contribution in [0.15, 0.2) is 58.4 Å². The second-order valence-corrected chi connectivity index (χ2v) is 10.0. The minimum Gasteiger partial charge on any atom is -0.457 e. The van der Waals surface area contributed by atoms with Gasteiger partial charge in [0, 0.05) is 25.4 Å². The molecular formula is C28H37N3O7. The number of oxazole rings is 1. The van der Waals surface area contributed by atoms with Gasteiger partial charge in [0.2, 0.25) is 5.91 Å². The molecule has 2 aliphatic heterocycles. The van der Waals surface area contributed by atoms with Gasteiger partial charge in [0.25, 0.3) is 5.91 Å². The first-order valence-electron chi connectivity index (χ1n) is 12.9. The number of cyclic esters (lactones) is 1. The maximum absolute atomic E-state index is 13.1. The van der Waals surface area contributed by atoms with Crippen LogP contribution in [-0.2, 0) is 20.7 Å². The van der Waals surface area contributed by atoms with Gasteiger partial charge in [0.15, 0.2) is 11.6 Å². The molecule has 3 rings (SSSR count). The number of nitrogens with one attached hydrogen (secondary N) is 1. The first kappa shape index (κ1) is 29.1. The van der Waals surface area contributed by atoms with Crippen molar-refractivity contribution in [1.29, 1.82) is 0 Å². The molecule has 0 saturated heterocycles. The summed E-state index contributed by atoms with van der Waals surface area (Å²) >= 11 is 0. The fourth-order valence-electron chi connectivity index (χ4n) is 4.44. The lowest BCUT2D eigenvalue weighted by Crippen LogP contribution is -2.36.